The maximum absolute atomic E-state index is 10.1. The highest BCUT2D eigenvalue weighted by Crippen LogP contribution is 2.28. The second kappa shape index (κ2) is 2.57. The van der Waals surface area contributed by atoms with Gasteiger partial charge in [-0.3, -0.25) is 9.69 Å². The summed E-state index contributed by atoms with van der Waals surface area (Å²) in [5, 5.41) is 0. The van der Waals surface area contributed by atoms with Crippen LogP contribution in [0.1, 0.15) is 6.42 Å². The molecule has 2 bridgehead atoms. The molecule has 0 saturated carbocycles. The van der Waals surface area contributed by atoms with Gasteiger partial charge in [-0.25, -0.2) is 0 Å². The Morgan fingerprint density at radius 2 is 2.27 bits per heavy atom. The number of nitrogens with zero attached hydrogens (tertiary/aromatic N) is 2. The third-order valence-electron chi connectivity index (χ3n) is 2.90. The SMILES string of the molecule is CN1CC2CC1CN2C[C]=O. The predicted octanol–water partition coefficient (Wildman–Crippen LogP) is -0.516. The van der Waals surface area contributed by atoms with E-state index in [-0.39, 0.29) is 0 Å². The number of piperazine rings is 1. The molecule has 2 aliphatic rings. The van der Waals surface area contributed by atoms with Crippen LogP contribution in [0.5, 0.6) is 0 Å². The van der Waals surface area contributed by atoms with Crippen molar-refractivity contribution in [2.75, 3.05) is 26.7 Å². The molecule has 3 nitrogen and oxygen atoms in total. The van der Waals surface area contributed by atoms with Crippen molar-refractivity contribution in [3.8, 4) is 0 Å². The van der Waals surface area contributed by atoms with Crippen molar-refractivity contribution >= 4 is 6.29 Å². The minimum atomic E-state index is 0.509. The van der Waals surface area contributed by atoms with E-state index in [1.807, 2.05) is 6.29 Å². The van der Waals surface area contributed by atoms with Crippen molar-refractivity contribution in [3.05, 3.63) is 0 Å². The fraction of sp³-hybridized carbons (Fsp3) is 0.875. The maximum Gasteiger partial charge on any atom is 0.213 e. The Morgan fingerprint density at radius 3 is 2.73 bits per heavy atom. The molecule has 2 atom stereocenters. The lowest BCUT2D eigenvalue weighted by atomic mass is 10.2. The van der Waals surface area contributed by atoms with Crippen molar-refractivity contribution in [2.45, 2.75) is 18.5 Å². The van der Waals surface area contributed by atoms with Crippen LogP contribution in [0, 0.1) is 0 Å². The largest absolute Gasteiger partial charge is 0.301 e. The Hall–Kier alpha value is -0.410. The van der Waals surface area contributed by atoms with Crippen LogP contribution in [0.15, 0.2) is 0 Å². The van der Waals surface area contributed by atoms with Gasteiger partial charge in [-0.2, -0.15) is 0 Å². The van der Waals surface area contributed by atoms with Crippen molar-refractivity contribution in [2.24, 2.45) is 0 Å². The first-order valence-corrected chi connectivity index (χ1v) is 4.10. The van der Waals surface area contributed by atoms with Crippen LogP contribution in [-0.2, 0) is 4.79 Å². The minimum absolute atomic E-state index is 0.509. The summed E-state index contributed by atoms with van der Waals surface area (Å²) >= 11 is 0. The van der Waals surface area contributed by atoms with Crippen LogP contribution in [0.2, 0.25) is 0 Å². The summed E-state index contributed by atoms with van der Waals surface area (Å²) in [5.41, 5.74) is 0. The van der Waals surface area contributed by atoms with Crippen LogP contribution in [0.3, 0.4) is 0 Å². The third kappa shape index (κ3) is 1.08. The highest BCUT2D eigenvalue weighted by atomic mass is 16.1. The number of likely N-dealkylation sites (N-methyl/N-ethyl adjacent to an activating group) is 1. The van der Waals surface area contributed by atoms with Gasteiger partial charge >= 0.3 is 0 Å². The topological polar surface area (TPSA) is 23.6 Å². The number of hydrogen-bond donors (Lipinski definition) is 0. The molecule has 1 radical (unpaired) electrons. The first kappa shape index (κ1) is 7.25. The summed E-state index contributed by atoms with van der Waals surface area (Å²) < 4.78 is 0. The molecule has 0 aliphatic carbocycles. The van der Waals surface area contributed by atoms with E-state index in [9.17, 15) is 4.79 Å². The lowest BCUT2D eigenvalue weighted by Crippen LogP contribution is -2.44. The standard InChI is InChI=1S/C8H13N2O/c1-9-5-8-4-7(9)6-10(8)2-3-11/h7-8H,2,4-6H2,1H3. The fourth-order valence-corrected chi connectivity index (χ4v) is 2.22. The fourth-order valence-electron chi connectivity index (χ4n) is 2.22. The number of likely N-dealkylation sites (tertiary alicyclic amines) is 2. The molecule has 11 heavy (non-hydrogen) atoms. The van der Waals surface area contributed by atoms with E-state index in [2.05, 4.69) is 16.8 Å². The summed E-state index contributed by atoms with van der Waals surface area (Å²) in [6.07, 6.45) is 3.21. The minimum Gasteiger partial charge on any atom is -0.301 e. The summed E-state index contributed by atoms with van der Waals surface area (Å²) in [6, 6.07) is 1.33. The van der Waals surface area contributed by atoms with Crippen LogP contribution in [-0.4, -0.2) is 54.9 Å². The lowest BCUT2D eigenvalue weighted by molar-refractivity contribution is 0.165. The highest BCUT2D eigenvalue weighted by molar-refractivity contribution is 5.53. The maximum atomic E-state index is 10.1. The lowest BCUT2D eigenvalue weighted by Gasteiger charge is -2.30. The predicted molar refractivity (Wildman–Crippen MR) is 42.1 cm³/mol. The second-order valence-corrected chi connectivity index (χ2v) is 3.56. The van der Waals surface area contributed by atoms with E-state index in [0.717, 1.165) is 13.1 Å². The van der Waals surface area contributed by atoms with E-state index in [1.54, 1.807) is 0 Å². The molecular weight excluding hydrogens is 140 g/mol. The molecule has 2 heterocycles. The molecule has 61 valence electrons. The Bertz CT molecular complexity index is 169. The number of hydrogen-bond acceptors (Lipinski definition) is 3. The van der Waals surface area contributed by atoms with Gasteiger partial charge in [-0.05, 0) is 13.5 Å². The van der Waals surface area contributed by atoms with Crippen molar-refractivity contribution in [3.63, 3.8) is 0 Å². The van der Waals surface area contributed by atoms with Crippen LogP contribution in [0.25, 0.3) is 0 Å². The van der Waals surface area contributed by atoms with Gasteiger partial charge in [0, 0.05) is 25.2 Å². The average Bonchev–Trinajstić information content (AvgIpc) is 2.47. The molecule has 0 spiro atoms. The monoisotopic (exact) mass is 153 g/mol. The average molecular weight is 153 g/mol. The molecule has 0 N–H and O–H groups in total. The van der Waals surface area contributed by atoms with Gasteiger partial charge in [-0.15, -0.1) is 0 Å². The quantitative estimate of drug-likeness (QED) is 0.533. The Balaban J connectivity index is 1.97. The zero-order chi connectivity index (χ0) is 7.84. The van der Waals surface area contributed by atoms with Crippen molar-refractivity contribution in [1.82, 2.24) is 9.80 Å². The molecule has 2 aliphatic heterocycles. The Labute approximate surface area is 67.0 Å². The van der Waals surface area contributed by atoms with Gasteiger partial charge < -0.3 is 4.90 Å². The van der Waals surface area contributed by atoms with E-state index in [0.29, 0.717) is 18.6 Å². The van der Waals surface area contributed by atoms with Crippen LogP contribution in [0.4, 0.5) is 0 Å². The van der Waals surface area contributed by atoms with Gasteiger partial charge in [0.15, 0.2) is 0 Å². The third-order valence-corrected chi connectivity index (χ3v) is 2.90. The normalized spacial score (nSPS) is 38.3. The Kier molecular flexibility index (Phi) is 1.69. The Morgan fingerprint density at radius 1 is 1.45 bits per heavy atom. The second-order valence-electron chi connectivity index (χ2n) is 3.56. The van der Waals surface area contributed by atoms with Gasteiger partial charge in [0.1, 0.15) is 0 Å². The number of carbonyl (C=O) groups excluding carboxylic acids is 1. The van der Waals surface area contributed by atoms with Crippen LogP contribution < -0.4 is 0 Å². The first-order chi connectivity index (χ1) is 5.31. The molecule has 3 heteroatoms. The molecule has 2 saturated heterocycles. The van der Waals surface area contributed by atoms with E-state index < -0.39 is 0 Å². The van der Waals surface area contributed by atoms with E-state index in [1.165, 1.54) is 6.42 Å². The van der Waals surface area contributed by atoms with Gasteiger partial charge in [0.2, 0.25) is 6.29 Å². The van der Waals surface area contributed by atoms with E-state index >= 15 is 0 Å². The summed E-state index contributed by atoms with van der Waals surface area (Å²) in [7, 11) is 2.16. The van der Waals surface area contributed by atoms with E-state index in [4.69, 9.17) is 0 Å². The molecule has 0 aromatic carbocycles. The van der Waals surface area contributed by atoms with Gasteiger partial charge in [-0.1, -0.05) is 0 Å². The summed E-state index contributed by atoms with van der Waals surface area (Å²) in [5.74, 6) is 0. The molecule has 0 aromatic rings. The smallest absolute Gasteiger partial charge is 0.213 e. The number of rotatable bonds is 2. The summed E-state index contributed by atoms with van der Waals surface area (Å²) in [6.45, 7) is 2.71. The van der Waals surface area contributed by atoms with Crippen molar-refractivity contribution < 1.29 is 4.79 Å². The highest BCUT2D eigenvalue weighted by Gasteiger charge is 2.40. The molecule has 0 amide bonds. The van der Waals surface area contributed by atoms with Gasteiger partial charge in [0.25, 0.3) is 0 Å². The van der Waals surface area contributed by atoms with Gasteiger partial charge in [0.05, 0.1) is 6.54 Å². The molecule has 2 fully saturated rings. The zero-order valence-corrected chi connectivity index (χ0v) is 6.79. The molecular formula is C8H13N2O. The molecule has 0 aromatic heterocycles. The van der Waals surface area contributed by atoms with Crippen molar-refractivity contribution in [1.29, 1.82) is 0 Å². The van der Waals surface area contributed by atoms with Crippen LogP contribution >= 0.6 is 0 Å². The number of fused-ring (bicyclic) bond motifs is 2. The molecule has 2 rings (SSSR count). The first-order valence-electron chi connectivity index (χ1n) is 4.10. The zero-order valence-electron chi connectivity index (χ0n) is 6.79. The molecule has 2 unspecified atom stereocenters. The summed E-state index contributed by atoms with van der Waals surface area (Å²) in [4.78, 5) is 14.8.